The molecule has 2 aliphatic carbocycles. The molecule has 3 aromatic heterocycles. The SMILES string of the molecule is COc1cc(C(=O)N2C[C@H]3CC[C@@H]2[C@@H]3N)cc2nc(-c3cc4ccc(-c5cnc(C(N)=O)nc5)cc4n3CC3CC3)n(C)c12. The van der Waals surface area contributed by atoms with Gasteiger partial charge in [-0.05, 0) is 67.3 Å². The highest BCUT2D eigenvalue weighted by atomic mass is 16.5. The monoisotopic (exact) mass is 590 g/mol. The van der Waals surface area contributed by atoms with Crippen LogP contribution in [-0.2, 0) is 13.6 Å². The number of likely N-dealkylation sites (tertiary alicyclic amines) is 1. The first-order valence-corrected chi connectivity index (χ1v) is 15.2. The summed E-state index contributed by atoms with van der Waals surface area (Å²) in [5, 5.41) is 1.09. The number of hydrogen-bond acceptors (Lipinski definition) is 7. The number of benzene rings is 2. The summed E-state index contributed by atoms with van der Waals surface area (Å²) in [7, 11) is 3.63. The predicted octanol–water partition coefficient (Wildman–Crippen LogP) is 3.73. The summed E-state index contributed by atoms with van der Waals surface area (Å²) in [6.45, 7) is 1.59. The Morgan fingerprint density at radius 3 is 2.48 bits per heavy atom. The summed E-state index contributed by atoms with van der Waals surface area (Å²) in [5.74, 6) is 1.74. The molecule has 3 atom stereocenters. The van der Waals surface area contributed by atoms with Gasteiger partial charge >= 0.3 is 0 Å². The number of fused-ring (bicyclic) bond motifs is 4. The molecule has 11 nitrogen and oxygen atoms in total. The molecule has 44 heavy (non-hydrogen) atoms. The molecule has 3 aliphatic rings. The molecule has 0 spiro atoms. The highest BCUT2D eigenvalue weighted by Crippen LogP contribution is 2.40. The molecule has 4 heterocycles. The van der Waals surface area contributed by atoms with Crippen molar-refractivity contribution < 1.29 is 14.3 Å². The van der Waals surface area contributed by atoms with E-state index in [0.717, 1.165) is 64.0 Å². The zero-order valence-corrected chi connectivity index (χ0v) is 24.7. The fourth-order valence-corrected chi connectivity index (χ4v) is 7.25. The van der Waals surface area contributed by atoms with Crippen LogP contribution < -0.4 is 16.2 Å². The van der Waals surface area contributed by atoms with E-state index in [1.54, 1.807) is 19.5 Å². The Morgan fingerprint density at radius 2 is 1.82 bits per heavy atom. The first-order valence-electron chi connectivity index (χ1n) is 15.2. The van der Waals surface area contributed by atoms with Gasteiger partial charge in [0.15, 0.2) is 5.82 Å². The molecular formula is C33H34N8O3. The second-order valence-corrected chi connectivity index (χ2v) is 12.5. The van der Waals surface area contributed by atoms with Crippen LogP contribution in [0.3, 0.4) is 0 Å². The minimum Gasteiger partial charge on any atom is -0.494 e. The lowest BCUT2D eigenvalue weighted by molar-refractivity contribution is 0.0700. The van der Waals surface area contributed by atoms with Crippen molar-refractivity contribution in [3.63, 3.8) is 0 Å². The summed E-state index contributed by atoms with van der Waals surface area (Å²) < 4.78 is 10.2. The van der Waals surface area contributed by atoms with Gasteiger partial charge in [0.2, 0.25) is 5.82 Å². The van der Waals surface area contributed by atoms with Crippen molar-refractivity contribution in [3.8, 4) is 28.4 Å². The van der Waals surface area contributed by atoms with E-state index in [-0.39, 0.29) is 23.8 Å². The Kier molecular flexibility index (Phi) is 6.02. The molecule has 11 heteroatoms. The molecule has 0 unspecified atom stereocenters. The molecule has 4 N–H and O–H groups in total. The van der Waals surface area contributed by atoms with Crippen LogP contribution in [0.2, 0.25) is 0 Å². The number of piperidine rings is 1. The van der Waals surface area contributed by atoms with E-state index in [1.165, 1.54) is 12.8 Å². The summed E-state index contributed by atoms with van der Waals surface area (Å²) in [6.07, 6.45) is 7.70. The van der Waals surface area contributed by atoms with Gasteiger partial charge in [-0.2, -0.15) is 0 Å². The van der Waals surface area contributed by atoms with Crippen molar-refractivity contribution in [2.75, 3.05) is 13.7 Å². The van der Waals surface area contributed by atoms with Crippen LogP contribution in [0.5, 0.6) is 5.75 Å². The fraction of sp³-hybridized carbons (Fsp3) is 0.364. The Hall–Kier alpha value is -4.77. The average molecular weight is 591 g/mol. The quantitative estimate of drug-likeness (QED) is 0.294. The molecule has 5 aromatic rings. The molecular weight excluding hydrogens is 556 g/mol. The van der Waals surface area contributed by atoms with Crippen molar-refractivity contribution in [1.29, 1.82) is 0 Å². The lowest BCUT2D eigenvalue weighted by atomic mass is 10.1. The van der Waals surface area contributed by atoms with Crippen molar-refractivity contribution >= 4 is 33.8 Å². The van der Waals surface area contributed by atoms with Gasteiger partial charge < -0.3 is 30.2 Å². The van der Waals surface area contributed by atoms with Gasteiger partial charge in [0.1, 0.15) is 11.3 Å². The largest absolute Gasteiger partial charge is 0.494 e. The molecule has 8 rings (SSSR count). The number of ether oxygens (including phenoxy) is 1. The van der Waals surface area contributed by atoms with Crippen LogP contribution in [-0.4, -0.2) is 66.5 Å². The first-order chi connectivity index (χ1) is 21.3. The minimum absolute atomic E-state index is 0.00686. The molecule has 2 amide bonds. The summed E-state index contributed by atoms with van der Waals surface area (Å²) in [5.41, 5.74) is 17.7. The number of imidazole rings is 1. The third kappa shape index (κ3) is 4.17. The molecule has 2 saturated carbocycles. The van der Waals surface area contributed by atoms with E-state index in [0.29, 0.717) is 29.7 Å². The van der Waals surface area contributed by atoms with E-state index in [2.05, 4.69) is 37.3 Å². The topological polar surface area (TPSA) is 147 Å². The predicted molar refractivity (Wildman–Crippen MR) is 166 cm³/mol. The van der Waals surface area contributed by atoms with Gasteiger partial charge in [0, 0.05) is 66.6 Å². The van der Waals surface area contributed by atoms with Crippen molar-refractivity contribution in [2.24, 2.45) is 30.4 Å². The second-order valence-electron chi connectivity index (χ2n) is 12.5. The first kappa shape index (κ1) is 26.8. The van der Waals surface area contributed by atoms with Crippen LogP contribution >= 0.6 is 0 Å². The number of amides is 2. The molecule has 2 bridgehead atoms. The zero-order valence-electron chi connectivity index (χ0n) is 24.7. The number of aromatic nitrogens is 5. The van der Waals surface area contributed by atoms with Crippen LogP contribution in [0.15, 0.2) is 48.8 Å². The van der Waals surface area contributed by atoms with Crippen LogP contribution in [0.1, 0.15) is 46.7 Å². The number of carbonyl (C=O) groups excluding carboxylic acids is 2. The molecule has 1 saturated heterocycles. The van der Waals surface area contributed by atoms with Gasteiger partial charge in [-0.15, -0.1) is 0 Å². The Bertz CT molecular complexity index is 1970. The van der Waals surface area contributed by atoms with Gasteiger partial charge in [0.05, 0.1) is 18.3 Å². The number of primary amides is 1. The number of hydrogen-bond donors (Lipinski definition) is 2. The molecule has 1 aliphatic heterocycles. The number of nitrogens with zero attached hydrogens (tertiary/aromatic N) is 6. The van der Waals surface area contributed by atoms with Crippen molar-refractivity contribution in [3.05, 3.63) is 60.2 Å². The average Bonchev–Trinajstić information content (AvgIpc) is 3.44. The number of carbonyl (C=O) groups is 2. The third-order valence-corrected chi connectivity index (χ3v) is 9.79. The molecule has 3 fully saturated rings. The van der Waals surface area contributed by atoms with E-state index >= 15 is 0 Å². The second kappa shape index (κ2) is 9.88. The third-order valence-electron chi connectivity index (χ3n) is 9.79. The fourth-order valence-electron chi connectivity index (χ4n) is 7.25. The Labute approximate surface area is 253 Å². The molecule has 2 aromatic carbocycles. The van der Waals surface area contributed by atoms with Gasteiger partial charge in [-0.1, -0.05) is 12.1 Å². The van der Waals surface area contributed by atoms with Crippen LogP contribution in [0.4, 0.5) is 0 Å². The lowest BCUT2D eigenvalue weighted by Gasteiger charge is -2.27. The van der Waals surface area contributed by atoms with Gasteiger partial charge in [-0.25, -0.2) is 15.0 Å². The number of nitrogens with two attached hydrogens (primary N) is 2. The maximum atomic E-state index is 13.7. The summed E-state index contributed by atoms with van der Waals surface area (Å²) in [4.78, 5) is 40.5. The molecule has 224 valence electrons. The number of rotatable bonds is 7. The molecule has 0 radical (unpaired) electrons. The van der Waals surface area contributed by atoms with Crippen molar-refractivity contribution in [1.82, 2.24) is 29.0 Å². The van der Waals surface area contributed by atoms with Crippen molar-refractivity contribution in [2.45, 2.75) is 44.3 Å². The summed E-state index contributed by atoms with van der Waals surface area (Å²) >= 11 is 0. The highest BCUT2D eigenvalue weighted by Gasteiger charge is 2.47. The normalized spacial score (nSPS) is 21.1. The number of aryl methyl sites for hydroxylation is 1. The number of methoxy groups -OCH3 is 1. The standard InChI is InChI=1S/C33H34N8O3/c1-39-29-23(9-21(12-27(29)44-2)33(43)41-16-20-7-8-24(41)28(20)34)38-32(39)26-11-19-6-5-18(10-25(19)40(26)15-17-3-4-17)22-13-36-31(30(35)42)37-14-22/h5-6,9-14,17,20,24,28H,3-4,7-8,15-16,34H2,1-2H3,(H2,35,42)/t20-,24-,28-/m1/s1. The smallest absolute Gasteiger partial charge is 0.286 e. The maximum absolute atomic E-state index is 13.7. The van der Waals surface area contributed by atoms with Gasteiger partial charge in [-0.3, -0.25) is 9.59 Å². The summed E-state index contributed by atoms with van der Waals surface area (Å²) in [6, 6.07) is 12.3. The van der Waals surface area contributed by atoms with Crippen LogP contribution in [0, 0.1) is 11.8 Å². The maximum Gasteiger partial charge on any atom is 0.286 e. The van der Waals surface area contributed by atoms with E-state index in [4.69, 9.17) is 21.2 Å². The lowest BCUT2D eigenvalue weighted by Crippen LogP contribution is -2.41. The Balaban J connectivity index is 1.22. The van der Waals surface area contributed by atoms with Crippen LogP contribution in [0.25, 0.3) is 44.6 Å². The minimum atomic E-state index is -0.655. The van der Waals surface area contributed by atoms with E-state index in [9.17, 15) is 9.59 Å². The van der Waals surface area contributed by atoms with Gasteiger partial charge in [0.25, 0.3) is 11.8 Å². The van der Waals surface area contributed by atoms with E-state index in [1.807, 2.05) is 30.1 Å². The Morgan fingerprint density at radius 1 is 1.02 bits per heavy atom. The zero-order chi connectivity index (χ0) is 30.3. The highest BCUT2D eigenvalue weighted by molar-refractivity contribution is 6.00. The van der Waals surface area contributed by atoms with E-state index < -0.39 is 5.91 Å².